The van der Waals surface area contributed by atoms with Crippen LogP contribution >= 0.6 is 0 Å². The Balaban J connectivity index is 1.31. The molecule has 0 bridgehead atoms. The largest absolute Gasteiger partial charge is 0.361 e. The van der Waals surface area contributed by atoms with E-state index in [0.717, 1.165) is 47.8 Å². The van der Waals surface area contributed by atoms with Crippen molar-refractivity contribution < 1.29 is 9.18 Å². The molecule has 1 atom stereocenters. The number of hydrogen-bond donors (Lipinski definition) is 1. The minimum Gasteiger partial charge on any atom is -0.361 e. The van der Waals surface area contributed by atoms with Crippen LogP contribution in [0.15, 0.2) is 59.5 Å². The maximum absolute atomic E-state index is 15.5. The third-order valence-corrected chi connectivity index (χ3v) is 7.20. The van der Waals surface area contributed by atoms with Gasteiger partial charge in [-0.25, -0.2) is 9.37 Å². The van der Waals surface area contributed by atoms with E-state index in [1.807, 2.05) is 41.4 Å². The number of aromatic amines is 1. The van der Waals surface area contributed by atoms with Crippen LogP contribution in [0, 0.1) is 24.6 Å². The van der Waals surface area contributed by atoms with E-state index < -0.39 is 5.82 Å². The van der Waals surface area contributed by atoms with Crippen LogP contribution in [0.25, 0.3) is 33.4 Å². The number of fused-ring (bicyclic) bond motifs is 1. The first-order chi connectivity index (χ1) is 17.0. The lowest BCUT2D eigenvalue weighted by molar-refractivity contribution is -0.131. The van der Waals surface area contributed by atoms with Crippen LogP contribution in [-0.2, 0) is 11.3 Å². The van der Waals surface area contributed by atoms with Gasteiger partial charge in [0.1, 0.15) is 11.6 Å². The van der Waals surface area contributed by atoms with Crippen molar-refractivity contribution in [3.8, 4) is 22.5 Å². The molecule has 2 aromatic heterocycles. The molecule has 1 aliphatic carbocycles. The topological polar surface area (TPSA) is 71.0 Å². The molecule has 0 spiro atoms. The van der Waals surface area contributed by atoms with Crippen LogP contribution in [0.4, 0.5) is 4.39 Å². The van der Waals surface area contributed by atoms with Crippen LogP contribution < -0.4 is 5.56 Å². The highest BCUT2D eigenvalue weighted by molar-refractivity contribution is 5.85. The van der Waals surface area contributed by atoms with Gasteiger partial charge in [-0.05, 0) is 72.9 Å². The first-order valence-corrected chi connectivity index (χ1v) is 12.2. The van der Waals surface area contributed by atoms with Gasteiger partial charge >= 0.3 is 0 Å². The highest BCUT2D eigenvalue weighted by Gasteiger charge is 2.36. The molecule has 7 heteroatoms. The first kappa shape index (κ1) is 21.8. The molecule has 3 heterocycles. The molecule has 0 radical (unpaired) electrons. The molecule has 6 rings (SSSR count). The number of benzene rings is 2. The van der Waals surface area contributed by atoms with E-state index in [1.165, 1.54) is 12.1 Å². The Hall–Kier alpha value is -3.74. The Morgan fingerprint density at radius 2 is 1.89 bits per heavy atom. The van der Waals surface area contributed by atoms with Crippen molar-refractivity contribution in [3.05, 3.63) is 76.6 Å². The summed E-state index contributed by atoms with van der Waals surface area (Å²) in [6.45, 7) is 3.52. The molecule has 1 aliphatic heterocycles. The smallest absolute Gasteiger partial charge is 0.253 e. The Morgan fingerprint density at radius 1 is 1.09 bits per heavy atom. The summed E-state index contributed by atoms with van der Waals surface area (Å²) in [5.74, 6) is 0.497. The number of carbonyl (C=O) groups is 1. The van der Waals surface area contributed by atoms with Gasteiger partial charge in [0.25, 0.3) is 5.56 Å². The lowest BCUT2D eigenvalue weighted by Crippen LogP contribution is -2.32. The zero-order valence-electron chi connectivity index (χ0n) is 19.6. The van der Waals surface area contributed by atoms with Gasteiger partial charge in [-0.1, -0.05) is 18.2 Å². The molecular formula is C28H27FN4O2. The van der Waals surface area contributed by atoms with Gasteiger partial charge in [-0.2, -0.15) is 0 Å². The number of carbonyl (C=O) groups excluding carboxylic acids is 1. The Kier molecular flexibility index (Phi) is 5.28. The molecule has 0 unspecified atom stereocenters. The second-order valence-electron chi connectivity index (χ2n) is 9.86. The van der Waals surface area contributed by atoms with Crippen molar-refractivity contribution in [1.29, 1.82) is 0 Å². The van der Waals surface area contributed by atoms with Gasteiger partial charge in [0, 0.05) is 49.0 Å². The molecule has 4 aromatic rings. The summed E-state index contributed by atoms with van der Waals surface area (Å²) in [4.78, 5) is 35.1. The number of halogens is 1. The van der Waals surface area contributed by atoms with Crippen LogP contribution in [0.3, 0.4) is 0 Å². The van der Waals surface area contributed by atoms with Crippen molar-refractivity contribution in [2.75, 3.05) is 13.1 Å². The average Bonchev–Trinajstić information content (AvgIpc) is 3.40. The monoisotopic (exact) mass is 470 g/mol. The van der Waals surface area contributed by atoms with Crippen molar-refractivity contribution in [3.63, 3.8) is 0 Å². The maximum Gasteiger partial charge on any atom is 0.253 e. The summed E-state index contributed by atoms with van der Waals surface area (Å²) in [6, 6.07) is 14.5. The number of amides is 1. The van der Waals surface area contributed by atoms with E-state index in [2.05, 4.69) is 9.97 Å². The summed E-state index contributed by atoms with van der Waals surface area (Å²) in [6.07, 6.45) is 4.69. The minimum absolute atomic E-state index is 0.147. The molecule has 1 N–H and O–H groups in total. The predicted octanol–water partition coefficient (Wildman–Crippen LogP) is 4.76. The molecule has 2 fully saturated rings. The molecule has 2 aliphatic rings. The first-order valence-electron chi connectivity index (χ1n) is 12.2. The lowest BCUT2D eigenvalue weighted by Gasteiger charge is -2.19. The lowest BCUT2D eigenvalue weighted by atomic mass is 10.0. The number of rotatable bonds is 5. The van der Waals surface area contributed by atoms with Gasteiger partial charge in [0.2, 0.25) is 5.91 Å². The summed E-state index contributed by atoms with van der Waals surface area (Å²) in [7, 11) is 0. The van der Waals surface area contributed by atoms with Crippen molar-refractivity contribution in [2.24, 2.45) is 11.8 Å². The summed E-state index contributed by atoms with van der Waals surface area (Å²) >= 11 is 0. The Bertz CT molecular complexity index is 1500. The number of aromatic nitrogens is 3. The summed E-state index contributed by atoms with van der Waals surface area (Å²) in [5.41, 5.74) is 3.33. The molecule has 1 amide bonds. The van der Waals surface area contributed by atoms with E-state index in [9.17, 15) is 9.59 Å². The van der Waals surface area contributed by atoms with Gasteiger partial charge in [-0.15, -0.1) is 0 Å². The van der Waals surface area contributed by atoms with Gasteiger partial charge in [-0.3, -0.25) is 14.2 Å². The van der Waals surface area contributed by atoms with E-state index in [4.69, 9.17) is 0 Å². The van der Waals surface area contributed by atoms with E-state index in [1.54, 1.807) is 17.6 Å². The number of nitrogens with zero attached hydrogens (tertiary/aromatic N) is 3. The van der Waals surface area contributed by atoms with Gasteiger partial charge in [0.15, 0.2) is 0 Å². The molecule has 178 valence electrons. The quantitative estimate of drug-likeness (QED) is 0.457. The summed E-state index contributed by atoms with van der Waals surface area (Å²) in [5, 5.41) is 1.10. The highest BCUT2D eigenvalue weighted by atomic mass is 19.1. The Labute approximate surface area is 202 Å². The van der Waals surface area contributed by atoms with Crippen molar-refractivity contribution in [1.82, 2.24) is 19.4 Å². The fraction of sp³-hybridized carbons (Fsp3) is 0.321. The van der Waals surface area contributed by atoms with Crippen molar-refractivity contribution >= 4 is 16.8 Å². The Morgan fingerprint density at radius 3 is 2.69 bits per heavy atom. The zero-order valence-corrected chi connectivity index (χ0v) is 19.6. The highest BCUT2D eigenvalue weighted by Crippen LogP contribution is 2.34. The van der Waals surface area contributed by atoms with Crippen LogP contribution in [0.1, 0.15) is 25.0 Å². The van der Waals surface area contributed by atoms with Gasteiger partial charge < -0.3 is 9.88 Å². The zero-order chi connectivity index (χ0) is 24.1. The molecular weight excluding hydrogens is 443 g/mol. The molecule has 35 heavy (non-hydrogen) atoms. The number of H-pyrrole nitrogens is 1. The number of likely N-dealkylation sites (tertiary alicyclic amines) is 1. The fourth-order valence-electron chi connectivity index (χ4n) is 5.13. The third kappa shape index (κ3) is 4.16. The van der Waals surface area contributed by atoms with E-state index in [0.29, 0.717) is 30.2 Å². The van der Waals surface area contributed by atoms with Gasteiger partial charge in [0.05, 0.1) is 5.56 Å². The van der Waals surface area contributed by atoms with E-state index in [-0.39, 0.29) is 23.3 Å². The van der Waals surface area contributed by atoms with Crippen LogP contribution in [-0.4, -0.2) is 38.4 Å². The second kappa shape index (κ2) is 8.48. The summed E-state index contributed by atoms with van der Waals surface area (Å²) < 4.78 is 17.1. The normalized spacial score (nSPS) is 17.9. The maximum atomic E-state index is 15.5. The van der Waals surface area contributed by atoms with Crippen LogP contribution in [0.2, 0.25) is 0 Å². The number of hydrogen-bond acceptors (Lipinski definition) is 3. The number of nitrogens with one attached hydrogen (secondary N) is 1. The molecule has 6 nitrogen and oxygen atoms in total. The third-order valence-electron chi connectivity index (χ3n) is 7.20. The van der Waals surface area contributed by atoms with Crippen LogP contribution in [0.5, 0.6) is 0 Å². The average molecular weight is 471 g/mol. The standard InChI is InChI=1S/C28H27FN4O2/c1-17-12-26(34)33(16-18-9-11-32(15-18)28(35)20-3-4-20)27(31-17)23-7-6-21(13-24(23)29)22-5-2-19-8-10-30-25(19)14-22/h2,5-8,10,12-14,18,20,30H,3-4,9,11,15-16H2,1H3/t18-/m1/s1. The second-order valence-corrected chi connectivity index (χ2v) is 9.86. The fourth-order valence-corrected chi connectivity index (χ4v) is 5.13. The van der Waals surface area contributed by atoms with E-state index >= 15 is 4.39 Å². The SMILES string of the molecule is Cc1cc(=O)n(C[C@@H]2CCN(C(=O)C3CC3)C2)c(-c2ccc(-c3ccc4cc[nH]c4c3)cc2F)n1. The van der Waals surface area contributed by atoms with Crippen molar-refractivity contribution in [2.45, 2.75) is 32.7 Å². The molecule has 1 saturated carbocycles. The predicted molar refractivity (Wildman–Crippen MR) is 133 cm³/mol. The molecule has 1 saturated heterocycles. The number of aryl methyl sites for hydroxylation is 1. The minimum atomic E-state index is -0.419. The molecule has 2 aromatic carbocycles.